The molecule has 0 amide bonds. The summed E-state index contributed by atoms with van der Waals surface area (Å²) in [7, 11) is 0. The van der Waals surface area contributed by atoms with Gasteiger partial charge in [-0.1, -0.05) is 20.8 Å². The van der Waals surface area contributed by atoms with Crippen molar-refractivity contribution < 1.29 is 14.3 Å². The molecule has 0 fully saturated rings. The Labute approximate surface area is 116 Å². The van der Waals surface area contributed by atoms with Crippen molar-refractivity contribution in [2.24, 2.45) is 0 Å². The van der Waals surface area contributed by atoms with Crippen molar-refractivity contribution in [3.8, 4) is 0 Å². The minimum Gasteiger partial charge on any atom is -0.478 e. The highest BCUT2D eigenvalue weighted by Gasteiger charge is 2.22. The maximum atomic E-state index is 10.7. The van der Waals surface area contributed by atoms with Crippen molar-refractivity contribution in [2.45, 2.75) is 32.7 Å². The quantitative estimate of drug-likeness (QED) is 0.881. The number of nitrogens with one attached hydrogen (secondary N) is 1. The third kappa shape index (κ3) is 3.11. The normalized spacial score (nSPS) is 11.3. The lowest BCUT2D eigenvalue weighted by Crippen LogP contribution is -2.15. The van der Waals surface area contributed by atoms with Crippen molar-refractivity contribution in [2.75, 3.05) is 5.32 Å². The topological polar surface area (TPSA) is 101 Å². The molecule has 0 saturated carbocycles. The molecule has 7 nitrogen and oxygen atoms in total. The van der Waals surface area contributed by atoms with Gasteiger partial charge in [0.2, 0.25) is 5.95 Å². The fraction of sp³-hybridized carbons (Fsp3) is 0.385. The average Bonchev–Trinajstić information content (AvgIpc) is 2.85. The maximum Gasteiger partial charge on any atom is 0.338 e. The molecule has 0 unspecified atom stereocenters. The third-order valence-electron chi connectivity index (χ3n) is 2.64. The first-order valence-electron chi connectivity index (χ1n) is 6.10. The molecular weight excluding hydrogens is 260 g/mol. The number of carboxylic acids is 1. The first-order chi connectivity index (χ1) is 9.38. The van der Waals surface area contributed by atoms with E-state index in [1.165, 1.54) is 18.8 Å². The van der Waals surface area contributed by atoms with Crippen molar-refractivity contribution in [3.05, 3.63) is 35.8 Å². The summed E-state index contributed by atoms with van der Waals surface area (Å²) < 4.78 is 5.40. The number of aromatic carboxylic acids is 1. The van der Waals surface area contributed by atoms with E-state index in [1.807, 2.05) is 20.8 Å². The van der Waals surface area contributed by atoms with Crippen LogP contribution in [0.3, 0.4) is 0 Å². The van der Waals surface area contributed by atoms with Crippen LogP contribution in [0.2, 0.25) is 0 Å². The fourth-order valence-corrected chi connectivity index (χ4v) is 1.70. The Morgan fingerprint density at radius 3 is 2.50 bits per heavy atom. The van der Waals surface area contributed by atoms with Crippen LogP contribution < -0.4 is 5.32 Å². The Kier molecular flexibility index (Phi) is 3.69. The molecule has 0 aromatic carbocycles. The molecule has 2 heterocycles. The number of oxazole rings is 1. The van der Waals surface area contributed by atoms with Crippen LogP contribution in [0.4, 0.5) is 5.95 Å². The van der Waals surface area contributed by atoms with E-state index >= 15 is 0 Å². The van der Waals surface area contributed by atoms with E-state index in [0.717, 1.165) is 11.5 Å². The molecule has 0 spiro atoms. The highest BCUT2D eigenvalue weighted by molar-refractivity contribution is 5.86. The number of carbonyl (C=O) groups is 1. The SMILES string of the molecule is CC(C)(C)c1ocnc1CNc1ncc(C(=O)O)cn1. The molecule has 0 aliphatic heterocycles. The standard InChI is InChI=1S/C13H16N4O3/c1-13(2,3)10-9(17-7-20-10)6-16-12-14-4-8(5-15-12)11(18)19/h4-5,7H,6H2,1-3H3,(H,18,19)(H,14,15,16). The van der Waals surface area contributed by atoms with Crippen molar-refractivity contribution >= 4 is 11.9 Å². The minimum atomic E-state index is -1.05. The lowest BCUT2D eigenvalue weighted by molar-refractivity contribution is 0.0696. The second-order valence-corrected chi connectivity index (χ2v) is 5.33. The van der Waals surface area contributed by atoms with E-state index in [0.29, 0.717) is 12.5 Å². The van der Waals surface area contributed by atoms with Crippen LogP contribution in [0.25, 0.3) is 0 Å². The van der Waals surface area contributed by atoms with E-state index in [1.54, 1.807) is 0 Å². The van der Waals surface area contributed by atoms with Gasteiger partial charge in [-0.05, 0) is 0 Å². The lowest BCUT2D eigenvalue weighted by Gasteiger charge is -2.16. The first kappa shape index (κ1) is 14.0. The summed E-state index contributed by atoms with van der Waals surface area (Å²) in [5.41, 5.74) is 0.692. The van der Waals surface area contributed by atoms with Gasteiger partial charge >= 0.3 is 5.97 Å². The predicted molar refractivity (Wildman–Crippen MR) is 71.5 cm³/mol. The van der Waals surface area contributed by atoms with Crippen LogP contribution in [0.5, 0.6) is 0 Å². The van der Waals surface area contributed by atoms with E-state index < -0.39 is 5.97 Å². The lowest BCUT2D eigenvalue weighted by atomic mass is 9.92. The van der Waals surface area contributed by atoms with Crippen molar-refractivity contribution in [1.29, 1.82) is 0 Å². The van der Waals surface area contributed by atoms with Crippen LogP contribution >= 0.6 is 0 Å². The van der Waals surface area contributed by atoms with Gasteiger partial charge in [0.25, 0.3) is 0 Å². The van der Waals surface area contributed by atoms with Gasteiger partial charge in [-0.25, -0.2) is 19.7 Å². The fourth-order valence-electron chi connectivity index (χ4n) is 1.70. The molecule has 2 aromatic heterocycles. The summed E-state index contributed by atoms with van der Waals surface area (Å²) in [5, 5.41) is 11.7. The van der Waals surface area contributed by atoms with Crippen molar-refractivity contribution in [3.63, 3.8) is 0 Å². The summed E-state index contributed by atoms with van der Waals surface area (Å²) in [6, 6.07) is 0. The second kappa shape index (κ2) is 5.28. The maximum absolute atomic E-state index is 10.7. The number of hydrogen-bond acceptors (Lipinski definition) is 6. The number of nitrogens with zero attached hydrogens (tertiary/aromatic N) is 3. The number of aromatic nitrogens is 3. The van der Waals surface area contributed by atoms with Crippen molar-refractivity contribution in [1.82, 2.24) is 15.0 Å². The van der Waals surface area contributed by atoms with Crippen LogP contribution in [-0.4, -0.2) is 26.0 Å². The third-order valence-corrected chi connectivity index (χ3v) is 2.64. The highest BCUT2D eigenvalue weighted by atomic mass is 16.4. The molecule has 0 saturated heterocycles. The molecule has 0 atom stereocenters. The molecule has 0 aliphatic rings. The number of carboxylic acid groups (broad SMARTS) is 1. The van der Waals surface area contributed by atoms with Gasteiger partial charge in [0.1, 0.15) is 11.5 Å². The van der Waals surface area contributed by atoms with Gasteiger partial charge < -0.3 is 14.8 Å². The largest absolute Gasteiger partial charge is 0.478 e. The molecule has 20 heavy (non-hydrogen) atoms. The monoisotopic (exact) mass is 276 g/mol. The van der Waals surface area contributed by atoms with Crippen LogP contribution in [0.1, 0.15) is 42.6 Å². The zero-order chi connectivity index (χ0) is 14.8. The number of anilines is 1. The van der Waals surface area contributed by atoms with Crippen LogP contribution in [0.15, 0.2) is 23.2 Å². The smallest absolute Gasteiger partial charge is 0.338 e. The van der Waals surface area contributed by atoms with Gasteiger partial charge in [-0.15, -0.1) is 0 Å². The first-order valence-corrected chi connectivity index (χ1v) is 6.10. The molecule has 7 heteroatoms. The molecule has 2 aromatic rings. The summed E-state index contributed by atoms with van der Waals surface area (Å²) in [6.45, 7) is 6.52. The molecule has 0 aliphatic carbocycles. The van der Waals surface area contributed by atoms with Crippen LogP contribution in [0, 0.1) is 0 Å². The molecule has 2 rings (SSSR count). The Hall–Kier alpha value is -2.44. The molecule has 106 valence electrons. The van der Waals surface area contributed by atoms with Crippen LogP contribution in [-0.2, 0) is 12.0 Å². The average molecular weight is 276 g/mol. The van der Waals surface area contributed by atoms with Gasteiger partial charge in [0.15, 0.2) is 6.39 Å². The number of hydrogen-bond donors (Lipinski definition) is 2. The van der Waals surface area contributed by atoms with Gasteiger partial charge in [-0.2, -0.15) is 0 Å². The summed E-state index contributed by atoms with van der Waals surface area (Å²) in [5.74, 6) is 0.0908. The zero-order valence-electron chi connectivity index (χ0n) is 11.5. The Morgan fingerprint density at radius 1 is 1.30 bits per heavy atom. The highest BCUT2D eigenvalue weighted by Crippen LogP contribution is 2.25. The molecule has 2 N–H and O–H groups in total. The van der Waals surface area contributed by atoms with E-state index in [2.05, 4.69) is 20.3 Å². The van der Waals surface area contributed by atoms with Gasteiger partial charge in [0.05, 0.1) is 12.1 Å². The Morgan fingerprint density at radius 2 is 1.95 bits per heavy atom. The van der Waals surface area contributed by atoms with E-state index in [-0.39, 0.29) is 11.0 Å². The number of rotatable bonds is 4. The Bertz CT molecular complexity index is 599. The molecule has 0 radical (unpaired) electrons. The van der Waals surface area contributed by atoms with Gasteiger partial charge in [-0.3, -0.25) is 0 Å². The Balaban J connectivity index is 2.06. The summed E-state index contributed by atoms with van der Waals surface area (Å²) >= 11 is 0. The van der Waals surface area contributed by atoms with Gasteiger partial charge in [0, 0.05) is 17.8 Å². The molecular formula is C13H16N4O3. The molecule has 0 bridgehead atoms. The second-order valence-electron chi connectivity index (χ2n) is 5.33. The summed E-state index contributed by atoms with van der Waals surface area (Å²) in [6.07, 6.45) is 3.92. The minimum absolute atomic E-state index is 0.0485. The zero-order valence-corrected chi connectivity index (χ0v) is 11.5. The van der Waals surface area contributed by atoms with E-state index in [9.17, 15) is 4.79 Å². The predicted octanol–water partition coefficient (Wildman–Crippen LogP) is 2.07. The van der Waals surface area contributed by atoms with E-state index in [4.69, 9.17) is 9.52 Å². The summed E-state index contributed by atoms with van der Waals surface area (Å²) in [4.78, 5) is 22.7.